The van der Waals surface area contributed by atoms with E-state index in [1.54, 1.807) is 13.2 Å². The summed E-state index contributed by atoms with van der Waals surface area (Å²) in [4.78, 5) is 14.2. The van der Waals surface area contributed by atoms with E-state index in [2.05, 4.69) is 168 Å². The van der Waals surface area contributed by atoms with Crippen LogP contribution < -0.4 is 4.74 Å². The van der Waals surface area contributed by atoms with Gasteiger partial charge >= 0.3 is 0 Å². The van der Waals surface area contributed by atoms with Crippen molar-refractivity contribution in [1.82, 2.24) is 0 Å². The fraction of sp³-hybridized carbons (Fsp3) is 0.783. The molecule has 0 aliphatic carbocycles. The van der Waals surface area contributed by atoms with Crippen LogP contribution in [0.3, 0.4) is 0 Å². The first-order valence-corrected chi connectivity index (χ1v) is 41.0. The van der Waals surface area contributed by atoms with E-state index in [9.17, 15) is 4.79 Å². The maximum Gasteiger partial charge on any atom is 0.193 e. The molecule has 5 aliphatic heterocycles. The second kappa shape index (κ2) is 28.6. The van der Waals surface area contributed by atoms with E-state index in [-0.39, 0.29) is 99.9 Å². The minimum absolute atomic E-state index is 0.00383. The average Bonchev–Trinajstić information content (AvgIpc) is 2.38. The van der Waals surface area contributed by atoms with Crippen LogP contribution in [0.5, 0.6) is 5.75 Å². The van der Waals surface area contributed by atoms with Crippen molar-refractivity contribution < 1.29 is 51.2 Å². The number of ether oxygens (including phenoxy) is 7. The van der Waals surface area contributed by atoms with Gasteiger partial charge in [-0.05, 0) is 153 Å². The topological polar surface area (TPSA) is 109 Å². The summed E-state index contributed by atoms with van der Waals surface area (Å²) in [6.45, 7) is 59.5. The molecule has 0 N–H and O–H groups in total. The molecule has 5 heterocycles. The van der Waals surface area contributed by atoms with Crippen LogP contribution in [0.15, 0.2) is 73.4 Å². The van der Waals surface area contributed by atoms with E-state index in [4.69, 9.17) is 46.4 Å². The molecule has 0 spiro atoms. The first-order valence-electron chi connectivity index (χ1n) is 32.2. The van der Waals surface area contributed by atoms with Crippen LogP contribution in [0.4, 0.5) is 0 Å². The number of carbonyl (C=O) groups is 1. The Hall–Kier alpha value is -2.06. The smallest absolute Gasteiger partial charge is 0.193 e. The number of rotatable bonds is 25. The molecular weight excluding hydrogens is 1090 g/mol. The van der Waals surface area contributed by atoms with Gasteiger partial charge in [0, 0.05) is 24.7 Å². The largest absolute Gasteiger partial charge is 0.497 e. The van der Waals surface area contributed by atoms with Crippen LogP contribution in [0, 0.1) is 23.7 Å². The maximum absolute atomic E-state index is 14.2. The van der Waals surface area contributed by atoms with Crippen molar-refractivity contribution in [2.75, 3.05) is 7.11 Å². The number of methoxy groups -OCH3 is 1. The summed E-state index contributed by atoms with van der Waals surface area (Å²) in [5, 5.41) is -0.176. The van der Waals surface area contributed by atoms with Gasteiger partial charge in [-0.1, -0.05) is 141 Å². The van der Waals surface area contributed by atoms with Crippen molar-refractivity contribution in [2.45, 2.75) is 314 Å². The lowest BCUT2D eigenvalue weighted by Crippen LogP contribution is -2.65. The van der Waals surface area contributed by atoms with E-state index in [1.165, 1.54) is 0 Å². The molecule has 5 fully saturated rings. The van der Waals surface area contributed by atoms with Gasteiger partial charge in [0.05, 0.1) is 93.1 Å². The zero-order valence-electron chi connectivity index (χ0n) is 56.0. The van der Waals surface area contributed by atoms with Crippen LogP contribution in [0.1, 0.15) is 173 Å². The van der Waals surface area contributed by atoms with Gasteiger partial charge in [-0.3, -0.25) is 4.79 Å². The lowest BCUT2D eigenvalue weighted by atomic mass is 9.78. The Balaban J connectivity index is 1.13. The summed E-state index contributed by atoms with van der Waals surface area (Å²) in [6, 6.07) is 8.11. The quantitative estimate of drug-likeness (QED) is 0.0530. The molecule has 0 amide bonds. The molecule has 0 bridgehead atoms. The molecule has 0 radical (unpaired) electrons. The summed E-state index contributed by atoms with van der Waals surface area (Å²) in [5.41, 5.74) is 3.30. The zero-order valence-corrected chi connectivity index (χ0v) is 59.0. The second-order valence-corrected chi connectivity index (χ2v) is 44.9. The highest BCUT2D eigenvalue weighted by Gasteiger charge is 2.56. The van der Waals surface area contributed by atoms with Gasteiger partial charge in [0.25, 0.3) is 0 Å². The highest BCUT2D eigenvalue weighted by Crippen LogP contribution is 2.48. The van der Waals surface area contributed by atoms with Gasteiger partial charge in [0.15, 0.2) is 30.7 Å². The Labute approximate surface area is 508 Å². The fourth-order valence-corrected chi connectivity index (χ4v) is 16.3. The number of ketones is 1. The third-order valence-electron chi connectivity index (χ3n) is 21.1. The minimum Gasteiger partial charge on any atom is -0.497 e. The number of benzene rings is 1. The Morgan fingerprint density at radius 1 is 0.699 bits per heavy atom. The van der Waals surface area contributed by atoms with E-state index in [1.807, 2.05) is 24.3 Å². The van der Waals surface area contributed by atoms with Crippen LogP contribution in [0.2, 0.25) is 54.4 Å². The number of allylic oxidation sites excluding steroid dienone is 1. The molecule has 1 aromatic carbocycles. The average molecular weight is 1210 g/mol. The second-order valence-electron chi connectivity index (χ2n) is 30.6. The van der Waals surface area contributed by atoms with Crippen molar-refractivity contribution in [3.63, 3.8) is 0 Å². The van der Waals surface area contributed by atoms with E-state index >= 15 is 0 Å². The van der Waals surface area contributed by atoms with Crippen molar-refractivity contribution in [2.24, 2.45) is 23.7 Å². The summed E-state index contributed by atoms with van der Waals surface area (Å²) < 4.78 is 69.9. The lowest BCUT2D eigenvalue weighted by molar-refractivity contribution is -0.269. The summed E-state index contributed by atoms with van der Waals surface area (Å²) in [6.07, 6.45) is 12.0. The maximum atomic E-state index is 14.2. The van der Waals surface area contributed by atoms with Gasteiger partial charge in [0.1, 0.15) is 11.9 Å². The van der Waals surface area contributed by atoms with Crippen molar-refractivity contribution in [1.29, 1.82) is 0 Å². The van der Waals surface area contributed by atoms with Gasteiger partial charge in [0.2, 0.25) is 0 Å². The third kappa shape index (κ3) is 17.6. The summed E-state index contributed by atoms with van der Waals surface area (Å²) in [5.74, 6) is 1.75. The Kier molecular flexibility index (Phi) is 24.1. The van der Waals surface area contributed by atoms with Crippen LogP contribution >= 0.6 is 0 Å². The Morgan fingerprint density at radius 2 is 1.31 bits per heavy atom. The molecule has 0 aromatic heterocycles. The third-order valence-corrected chi connectivity index (χ3v) is 34.5. The Morgan fingerprint density at radius 3 is 1.90 bits per heavy atom. The SMILES string of the molecule is C=CC[C@@H]1O[C@@H]([C@H](/C=C/C(=O)CC[C@H]2CC(=C)C(CC[C@H]3C[C@@H](C)C(=C)C(C[C@@H]4O[C@H]5C[C@@H](C)[C@@H](CCC)O[C@H]5[C@H](C)[C@H]4OCc4ccc(OC)cc4)O3)O2)O[Si](C)(C)C(C)(C)C)[C@@H](O[Si](C)(C)C(C)(C)C)[C@@H](O[Si](C)(C)C(C)(C)C)[C@H]1C. The number of carbonyl (C=O) groups excluding carboxylic acids is 1. The van der Waals surface area contributed by atoms with E-state index < -0.39 is 43.3 Å². The number of fused-ring (bicyclic) bond motifs is 1. The molecule has 6 rings (SSSR count). The standard InChI is InChI=1S/C69H118O11Si3/c1-25-27-55-46(5)41-60-63(76-55)49(8)62(72-43-50-29-33-52(71-18)34-30-50)61(75-60)42-59-47(6)44(3)39-54(74-59)36-38-56-45(4)40-53(73-56)35-31-51(70)32-37-58(78-81(19,20)67(9,10)11)65-66(80-83(23,24)69(15,16)17)64(48(7)57(77-65)28-26-2)79-82(21,22)68(12,13)14/h26,29-30,32-34,37,44,46,48-49,53-66H,2,4,6,25,27-28,31,35-36,38-43H2,1,3,5,7-24H3/b37-32+/t44-,46-,48+,49-,53+,54+,55-,56?,57+,58+,59?,60+,61+,62-,63+,64+,65+,66+/m1/s1. The van der Waals surface area contributed by atoms with Crippen molar-refractivity contribution >= 4 is 30.7 Å². The van der Waals surface area contributed by atoms with Gasteiger partial charge in [-0.15, -0.1) is 6.58 Å². The lowest BCUT2D eigenvalue weighted by Gasteiger charge is -2.54. The van der Waals surface area contributed by atoms with Gasteiger partial charge in [-0.25, -0.2) is 0 Å². The highest BCUT2D eigenvalue weighted by atomic mass is 28.4. The summed E-state index contributed by atoms with van der Waals surface area (Å²) in [7, 11) is -5.46. The molecule has 472 valence electrons. The predicted molar refractivity (Wildman–Crippen MR) is 347 cm³/mol. The molecule has 18 atom stereocenters. The van der Waals surface area contributed by atoms with E-state index in [0.29, 0.717) is 44.1 Å². The minimum atomic E-state index is -2.44. The molecule has 5 saturated heterocycles. The zero-order chi connectivity index (χ0) is 61.8. The van der Waals surface area contributed by atoms with Crippen molar-refractivity contribution in [3.05, 3.63) is 78.9 Å². The monoisotopic (exact) mass is 1210 g/mol. The normalized spacial score (nSPS) is 33.8. The van der Waals surface area contributed by atoms with Gasteiger partial charge < -0.3 is 46.4 Å². The van der Waals surface area contributed by atoms with Crippen LogP contribution in [0.25, 0.3) is 0 Å². The first kappa shape index (κ1) is 70.0. The molecule has 83 heavy (non-hydrogen) atoms. The molecule has 0 saturated carbocycles. The van der Waals surface area contributed by atoms with Gasteiger partial charge in [-0.2, -0.15) is 0 Å². The first-order chi connectivity index (χ1) is 38.5. The molecule has 2 unspecified atom stereocenters. The molecule has 5 aliphatic rings. The predicted octanol–water partition coefficient (Wildman–Crippen LogP) is 16.9. The molecule has 14 heteroatoms. The molecule has 11 nitrogen and oxygen atoms in total. The fourth-order valence-electron chi connectivity index (χ4n) is 12.4. The number of hydrogen-bond donors (Lipinski definition) is 0. The van der Waals surface area contributed by atoms with E-state index in [0.717, 1.165) is 67.4 Å². The summed E-state index contributed by atoms with van der Waals surface area (Å²) >= 11 is 0. The van der Waals surface area contributed by atoms with Crippen molar-refractivity contribution in [3.8, 4) is 5.75 Å². The molecular formula is C69H118O11Si3. The number of hydrogen-bond acceptors (Lipinski definition) is 11. The molecule has 1 aromatic rings. The Bertz CT molecular complexity index is 2310. The van der Waals surface area contributed by atoms with Crippen LogP contribution in [-0.4, -0.2) is 123 Å². The van der Waals surface area contributed by atoms with Crippen LogP contribution in [-0.2, 0) is 53.1 Å². The highest BCUT2D eigenvalue weighted by molar-refractivity contribution is 6.75.